The quantitative estimate of drug-likeness (QED) is 0.187. The van der Waals surface area contributed by atoms with Gasteiger partial charge in [0.25, 0.3) is 0 Å². The van der Waals surface area contributed by atoms with E-state index in [1.54, 1.807) is 7.11 Å². The Hall–Kier alpha value is -0.120. The van der Waals surface area contributed by atoms with Crippen LogP contribution in [0.3, 0.4) is 0 Å². The topological polar surface area (TPSA) is 52.1 Å². The largest absolute Gasteiger partial charge is 0.385 e. The normalized spacial score (nSPS) is 12.2. The van der Waals surface area contributed by atoms with E-state index < -0.39 is 0 Å². The van der Waals surface area contributed by atoms with Crippen molar-refractivity contribution in [3.63, 3.8) is 0 Å². The minimum absolute atomic E-state index is 0. The van der Waals surface area contributed by atoms with E-state index in [1.807, 2.05) is 0 Å². The van der Waals surface area contributed by atoms with Crippen LogP contribution < -0.4 is 10.6 Å². The van der Waals surface area contributed by atoms with Crippen LogP contribution in [0.5, 0.6) is 0 Å². The van der Waals surface area contributed by atoms with Gasteiger partial charge in [0.1, 0.15) is 0 Å². The molecule has 0 amide bonds. The Morgan fingerprint density at radius 2 is 1.68 bits per heavy atom. The molecule has 25 heavy (non-hydrogen) atoms. The first-order valence-corrected chi connectivity index (χ1v) is 9.37. The molecule has 0 aliphatic carbocycles. The van der Waals surface area contributed by atoms with Crippen molar-refractivity contribution in [2.75, 3.05) is 60.0 Å². The Morgan fingerprint density at radius 1 is 1.04 bits per heavy atom. The number of hydrogen-bond acceptors (Lipinski definition) is 4. The second-order valence-electron chi connectivity index (χ2n) is 6.76. The molecule has 0 radical (unpaired) electrons. The average molecular weight is 471 g/mol. The molecule has 6 nitrogen and oxygen atoms in total. The molecular weight excluding hydrogens is 429 g/mol. The van der Waals surface area contributed by atoms with Gasteiger partial charge in [0.15, 0.2) is 5.96 Å². The summed E-state index contributed by atoms with van der Waals surface area (Å²) in [5, 5.41) is 6.74. The summed E-state index contributed by atoms with van der Waals surface area (Å²) >= 11 is 0. The van der Waals surface area contributed by atoms with Gasteiger partial charge in [-0.25, -0.2) is 0 Å². The van der Waals surface area contributed by atoms with E-state index in [1.165, 1.54) is 0 Å². The predicted molar refractivity (Wildman–Crippen MR) is 120 cm³/mol. The third kappa shape index (κ3) is 14.7. The molecular formula is C18H42IN5O. The zero-order valence-corrected chi connectivity index (χ0v) is 19.8. The molecule has 0 aliphatic heterocycles. The molecule has 0 rings (SSSR count). The molecule has 0 fully saturated rings. The van der Waals surface area contributed by atoms with Crippen molar-refractivity contribution < 1.29 is 4.74 Å². The van der Waals surface area contributed by atoms with Crippen molar-refractivity contribution in [1.82, 2.24) is 20.4 Å². The van der Waals surface area contributed by atoms with E-state index in [0.29, 0.717) is 12.1 Å². The Balaban J connectivity index is 0. The summed E-state index contributed by atoms with van der Waals surface area (Å²) in [5.41, 5.74) is 0. The first-order chi connectivity index (χ1) is 11.4. The summed E-state index contributed by atoms with van der Waals surface area (Å²) in [6.45, 7) is 17.5. The van der Waals surface area contributed by atoms with Crippen LogP contribution in [0.2, 0.25) is 0 Å². The molecule has 152 valence electrons. The number of ether oxygens (including phenoxy) is 1. The number of nitrogens with one attached hydrogen (secondary N) is 2. The number of aliphatic imine (C=N–C) groups is 1. The lowest BCUT2D eigenvalue weighted by Crippen LogP contribution is -2.42. The van der Waals surface area contributed by atoms with Crippen LogP contribution in [-0.4, -0.2) is 87.9 Å². The van der Waals surface area contributed by atoms with Gasteiger partial charge in [-0.2, -0.15) is 0 Å². The molecule has 0 spiro atoms. The zero-order valence-electron chi connectivity index (χ0n) is 17.5. The molecule has 0 saturated carbocycles. The number of nitrogens with zero attached hydrogens (tertiary/aromatic N) is 3. The highest BCUT2D eigenvalue weighted by Crippen LogP contribution is 2.03. The Bertz CT molecular complexity index is 319. The van der Waals surface area contributed by atoms with E-state index in [-0.39, 0.29) is 24.0 Å². The van der Waals surface area contributed by atoms with Crippen LogP contribution in [-0.2, 0) is 4.74 Å². The highest BCUT2D eigenvalue weighted by molar-refractivity contribution is 14.0. The van der Waals surface area contributed by atoms with Crippen LogP contribution in [0, 0.1) is 0 Å². The van der Waals surface area contributed by atoms with E-state index in [9.17, 15) is 0 Å². The van der Waals surface area contributed by atoms with Crippen LogP contribution >= 0.6 is 24.0 Å². The van der Waals surface area contributed by atoms with Crippen molar-refractivity contribution in [3.05, 3.63) is 0 Å². The minimum atomic E-state index is 0. The molecule has 0 heterocycles. The van der Waals surface area contributed by atoms with Crippen LogP contribution in [0.4, 0.5) is 0 Å². The lowest BCUT2D eigenvalue weighted by molar-refractivity contribution is 0.179. The fourth-order valence-corrected chi connectivity index (χ4v) is 2.69. The lowest BCUT2D eigenvalue weighted by atomic mass is 10.2. The van der Waals surface area contributed by atoms with E-state index in [4.69, 9.17) is 9.73 Å². The molecule has 0 aromatic heterocycles. The van der Waals surface area contributed by atoms with Crippen LogP contribution in [0.15, 0.2) is 4.99 Å². The van der Waals surface area contributed by atoms with Crippen molar-refractivity contribution in [2.24, 2.45) is 4.99 Å². The molecule has 7 heteroatoms. The number of hydrogen-bond donors (Lipinski definition) is 2. The number of guanidine groups is 1. The van der Waals surface area contributed by atoms with Gasteiger partial charge in [0.05, 0.1) is 6.54 Å². The molecule has 0 aromatic carbocycles. The Labute approximate surface area is 173 Å². The summed E-state index contributed by atoms with van der Waals surface area (Å²) in [5.74, 6) is 0.912. The summed E-state index contributed by atoms with van der Waals surface area (Å²) in [6.07, 6.45) is 1.07. The molecule has 0 unspecified atom stereocenters. The maximum absolute atomic E-state index is 5.09. The lowest BCUT2D eigenvalue weighted by Gasteiger charge is -2.29. The summed E-state index contributed by atoms with van der Waals surface area (Å²) in [6, 6.07) is 1.10. The summed E-state index contributed by atoms with van der Waals surface area (Å²) < 4.78 is 5.09. The standard InChI is InChI=1S/C18H41N5O.HI/c1-8-19-18(20-10-13-22(6)12-9-15-24-7)21-11-14-23(16(2)3)17(4)5;/h16-17H,8-15H2,1-7H3,(H2,19,20,21);1H. The van der Waals surface area contributed by atoms with Crippen molar-refractivity contribution in [3.8, 4) is 0 Å². The number of rotatable bonds is 13. The zero-order chi connectivity index (χ0) is 18.4. The van der Waals surface area contributed by atoms with Gasteiger partial charge in [-0.05, 0) is 48.1 Å². The van der Waals surface area contributed by atoms with Crippen LogP contribution in [0.25, 0.3) is 0 Å². The maximum atomic E-state index is 5.09. The van der Waals surface area contributed by atoms with E-state index in [2.05, 4.69) is 62.1 Å². The monoisotopic (exact) mass is 471 g/mol. The van der Waals surface area contributed by atoms with Crippen molar-refractivity contribution in [1.29, 1.82) is 0 Å². The van der Waals surface area contributed by atoms with Gasteiger partial charge < -0.3 is 20.3 Å². The van der Waals surface area contributed by atoms with Gasteiger partial charge in [-0.1, -0.05) is 0 Å². The van der Waals surface area contributed by atoms with Gasteiger partial charge in [-0.15, -0.1) is 24.0 Å². The Morgan fingerprint density at radius 3 is 2.20 bits per heavy atom. The number of halogens is 1. The van der Waals surface area contributed by atoms with Gasteiger partial charge in [-0.3, -0.25) is 9.89 Å². The second kappa shape index (κ2) is 17.3. The first kappa shape index (κ1) is 27.1. The van der Waals surface area contributed by atoms with Crippen molar-refractivity contribution >= 4 is 29.9 Å². The van der Waals surface area contributed by atoms with Crippen molar-refractivity contribution in [2.45, 2.75) is 53.1 Å². The first-order valence-electron chi connectivity index (χ1n) is 9.37. The van der Waals surface area contributed by atoms with Gasteiger partial charge in [0.2, 0.25) is 0 Å². The van der Waals surface area contributed by atoms with E-state index >= 15 is 0 Å². The molecule has 2 N–H and O–H groups in total. The minimum Gasteiger partial charge on any atom is -0.385 e. The maximum Gasteiger partial charge on any atom is 0.191 e. The smallest absolute Gasteiger partial charge is 0.191 e. The Kier molecular flexibility index (Phi) is 18.8. The molecule has 0 atom stereocenters. The summed E-state index contributed by atoms with van der Waals surface area (Å²) in [4.78, 5) is 9.49. The van der Waals surface area contributed by atoms with Gasteiger partial charge >= 0.3 is 0 Å². The fraction of sp³-hybridized carbons (Fsp3) is 0.944. The average Bonchev–Trinajstić information content (AvgIpc) is 2.50. The van der Waals surface area contributed by atoms with Crippen LogP contribution in [0.1, 0.15) is 41.0 Å². The highest BCUT2D eigenvalue weighted by Gasteiger charge is 2.12. The molecule has 0 saturated heterocycles. The third-order valence-electron chi connectivity index (χ3n) is 3.97. The SMILES string of the molecule is CCNC(=NCCN(C(C)C)C(C)C)NCCN(C)CCCOC.I. The third-order valence-corrected chi connectivity index (χ3v) is 3.97. The number of likely N-dealkylation sites (N-methyl/N-ethyl adjacent to an activating group) is 1. The van der Waals surface area contributed by atoms with E-state index in [0.717, 1.165) is 58.3 Å². The number of methoxy groups -OCH3 is 1. The molecule has 0 aliphatic rings. The highest BCUT2D eigenvalue weighted by atomic mass is 127. The van der Waals surface area contributed by atoms with Gasteiger partial charge in [0, 0.05) is 58.5 Å². The predicted octanol–water partition coefficient (Wildman–Crippen LogP) is 2.25. The molecule has 0 aromatic rings. The molecule has 0 bridgehead atoms. The second-order valence-corrected chi connectivity index (χ2v) is 6.76. The summed E-state index contributed by atoms with van der Waals surface area (Å²) in [7, 11) is 3.89. The fourth-order valence-electron chi connectivity index (χ4n) is 2.69.